The van der Waals surface area contributed by atoms with Gasteiger partial charge in [-0.3, -0.25) is 4.79 Å². The van der Waals surface area contributed by atoms with E-state index >= 15 is 0 Å². The number of thioether (sulfide) groups is 1. The second kappa shape index (κ2) is 8.19. The number of unbranched alkanes of at least 4 members (excludes halogenated alkanes) is 1. The number of amidine groups is 1. The van der Waals surface area contributed by atoms with Gasteiger partial charge in [-0.15, -0.1) is 11.6 Å². The Labute approximate surface area is 162 Å². The summed E-state index contributed by atoms with van der Waals surface area (Å²) in [4.78, 5) is 17.7. The van der Waals surface area contributed by atoms with Crippen LogP contribution in [0.3, 0.4) is 0 Å². The summed E-state index contributed by atoms with van der Waals surface area (Å²) in [6.07, 6.45) is 2.01. The lowest BCUT2D eigenvalue weighted by Gasteiger charge is -2.25. The van der Waals surface area contributed by atoms with Crippen LogP contribution < -0.4 is 9.64 Å². The third-order valence-corrected chi connectivity index (χ3v) is 7.70. The van der Waals surface area contributed by atoms with Gasteiger partial charge >= 0.3 is 0 Å². The average Bonchev–Trinajstić information content (AvgIpc) is 3.06. The van der Waals surface area contributed by atoms with Crippen LogP contribution in [0.1, 0.15) is 19.8 Å². The van der Waals surface area contributed by atoms with Crippen LogP contribution in [-0.2, 0) is 14.6 Å². The molecule has 2 heterocycles. The number of sulfone groups is 1. The number of nitrogens with zero attached hydrogens (tertiary/aromatic N) is 2. The fourth-order valence-electron chi connectivity index (χ4n) is 3.06. The van der Waals surface area contributed by atoms with Gasteiger partial charge in [0.1, 0.15) is 11.6 Å². The summed E-state index contributed by atoms with van der Waals surface area (Å²) < 4.78 is 29.9. The van der Waals surface area contributed by atoms with E-state index < -0.39 is 15.7 Å². The fourth-order valence-corrected chi connectivity index (χ4v) is 7.05. The number of carbonyl (C=O) groups is 1. The van der Waals surface area contributed by atoms with E-state index in [0.717, 1.165) is 18.5 Å². The molecule has 26 heavy (non-hydrogen) atoms. The molecule has 0 unspecified atom stereocenters. The molecule has 1 aromatic carbocycles. The molecular formula is C17H21ClN2O4S2. The summed E-state index contributed by atoms with van der Waals surface area (Å²) in [5.74, 6) is 0.232. The molecule has 1 amide bonds. The van der Waals surface area contributed by atoms with Crippen LogP contribution in [-0.4, -0.2) is 54.8 Å². The second-order valence-electron chi connectivity index (χ2n) is 6.29. The number of carbonyl (C=O) groups excluding carboxylic acids is 1. The van der Waals surface area contributed by atoms with Gasteiger partial charge in [-0.2, -0.15) is 4.99 Å². The van der Waals surface area contributed by atoms with Gasteiger partial charge in [0.05, 0.1) is 24.2 Å². The van der Waals surface area contributed by atoms with E-state index in [1.807, 2.05) is 29.2 Å². The van der Waals surface area contributed by atoms with Crippen molar-refractivity contribution >= 4 is 50.0 Å². The Balaban J connectivity index is 1.91. The lowest BCUT2D eigenvalue weighted by molar-refractivity contribution is -0.115. The number of hydrogen-bond acceptors (Lipinski definition) is 5. The standard InChI is InChI=1S/C17H21ClN2O4S2/c1-2-3-7-24-13-6-4-5-12(8-13)20-14-10-26(22,23)11-15(14)25-17(20)19-16(21)9-18/h4-6,8,14-15H,2-3,7,9-11H2,1H3/t14-,15+/m1/s1. The molecule has 1 aromatic rings. The predicted octanol–water partition coefficient (Wildman–Crippen LogP) is 2.71. The van der Waals surface area contributed by atoms with Gasteiger partial charge in [0.25, 0.3) is 5.91 Å². The smallest absolute Gasteiger partial charge is 0.262 e. The summed E-state index contributed by atoms with van der Waals surface area (Å²) in [6, 6.07) is 7.23. The number of aliphatic imine (C=N–C) groups is 1. The monoisotopic (exact) mass is 416 g/mol. The topological polar surface area (TPSA) is 76.0 Å². The molecule has 2 aliphatic heterocycles. The number of rotatable bonds is 6. The summed E-state index contributed by atoms with van der Waals surface area (Å²) in [7, 11) is -3.09. The molecule has 0 aliphatic carbocycles. The fraction of sp³-hybridized carbons (Fsp3) is 0.529. The Morgan fingerprint density at radius 1 is 1.42 bits per heavy atom. The Kier molecular flexibility index (Phi) is 6.14. The van der Waals surface area contributed by atoms with Gasteiger partial charge in [-0.25, -0.2) is 8.42 Å². The minimum absolute atomic E-state index is 0.0552. The second-order valence-corrected chi connectivity index (χ2v) is 9.92. The molecule has 2 aliphatic rings. The van der Waals surface area contributed by atoms with Crippen LogP contribution in [0, 0.1) is 0 Å². The Hall–Kier alpha value is -1.25. The Morgan fingerprint density at radius 2 is 2.23 bits per heavy atom. The normalized spacial score (nSPS) is 25.5. The highest BCUT2D eigenvalue weighted by Gasteiger charge is 2.49. The summed E-state index contributed by atoms with van der Waals surface area (Å²) in [5.41, 5.74) is 0.775. The number of halogens is 1. The molecule has 9 heteroatoms. The molecule has 2 atom stereocenters. The van der Waals surface area contributed by atoms with Crippen LogP contribution >= 0.6 is 23.4 Å². The molecule has 0 spiro atoms. The van der Waals surface area contributed by atoms with Crippen molar-refractivity contribution < 1.29 is 17.9 Å². The van der Waals surface area contributed by atoms with Crippen molar-refractivity contribution in [2.45, 2.75) is 31.1 Å². The van der Waals surface area contributed by atoms with Crippen LogP contribution in [0.2, 0.25) is 0 Å². The molecule has 0 bridgehead atoms. The van der Waals surface area contributed by atoms with E-state index in [2.05, 4.69) is 11.9 Å². The van der Waals surface area contributed by atoms with Gasteiger partial charge in [0.2, 0.25) is 0 Å². The number of anilines is 1. The molecule has 142 valence electrons. The van der Waals surface area contributed by atoms with Gasteiger partial charge in [-0.1, -0.05) is 31.2 Å². The van der Waals surface area contributed by atoms with Crippen molar-refractivity contribution in [3.63, 3.8) is 0 Å². The lowest BCUT2D eigenvalue weighted by Crippen LogP contribution is -2.37. The first kappa shape index (κ1) is 19.5. The molecule has 0 aromatic heterocycles. The van der Waals surface area contributed by atoms with Crippen molar-refractivity contribution in [3.05, 3.63) is 24.3 Å². The molecule has 0 N–H and O–H groups in total. The number of ether oxygens (including phenoxy) is 1. The van der Waals surface area contributed by atoms with Crippen molar-refractivity contribution in [2.24, 2.45) is 4.99 Å². The number of amides is 1. The highest BCUT2D eigenvalue weighted by atomic mass is 35.5. The molecule has 3 rings (SSSR count). The van der Waals surface area contributed by atoms with Crippen LogP contribution in [0.25, 0.3) is 0 Å². The first-order chi connectivity index (χ1) is 12.4. The average molecular weight is 417 g/mol. The van der Waals surface area contributed by atoms with E-state index in [1.165, 1.54) is 11.8 Å². The first-order valence-corrected chi connectivity index (χ1v) is 11.7. The van der Waals surface area contributed by atoms with Gasteiger partial charge in [0.15, 0.2) is 15.0 Å². The Morgan fingerprint density at radius 3 is 2.96 bits per heavy atom. The van der Waals surface area contributed by atoms with Crippen LogP contribution in [0.5, 0.6) is 5.75 Å². The van der Waals surface area contributed by atoms with Gasteiger partial charge < -0.3 is 9.64 Å². The summed E-state index contributed by atoms with van der Waals surface area (Å²) in [6.45, 7) is 2.72. The maximum absolute atomic E-state index is 12.1. The molecule has 0 radical (unpaired) electrons. The number of benzene rings is 1. The maximum Gasteiger partial charge on any atom is 0.262 e. The van der Waals surface area contributed by atoms with E-state index in [4.69, 9.17) is 16.3 Å². The third-order valence-electron chi connectivity index (χ3n) is 4.26. The zero-order valence-electron chi connectivity index (χ0n) is 14.4. The van der Waals surface area contributed by atoms with E-state index in [1.54, 1.807) is 0 Å². The molecule has 2 fully saturated rings. The Bertz CT molecular complexity index is 813. The molecular weight excluding hydrogens is 396 g/mol. The zero-order valence-corrected chi connectivity index (χ0v) is 16.8. The number of hydrogen-bond donors (Lipinski definition) is 0. The molecule has 6 nitrogen and oxygen atoms in total. The van der Waals surface area contributed by atoms with Gasteiger partial charge in [-0.05, 0) is 18.6 Å². The summed E-state index contributed by atoms with van der Waals surface area (Å²) >= 11 is 6.92. The SMILES string of the molecule is CCCCOc1cccc(N2C(=NC(=O)CCl)S[C@H]3CS(=O)(=O)C[C@H]32)c1. The van der Waals surface area contributed by atoms with E-state index in [9.17, 15) is 13.2 Å². The van der Waals surface area contributed by atoms with Crippen molar-refractivity contribution in [1.82, 2.24) is 0 Å². The van der Waals surface area contributed by atoms with Crippen molar-refractivity contribution in [1.29, 1.82) is 0 Å². The number of alkyl halides is 1. The molecule has 2 saturated heterocycles. The van der Waals surface area contributed by atoms with E-state index in [-0.39, 0.29) is 28.7 Å². The molecule has 0 saturated carbocycles. The van der Waals surface area contributed by atoms with Crippen LogP contribution in [0.4, 0.5) is 5.69 Å². The maximum atomic E-state index is 12.1. The first-order valence-electron chi connectivity index (χ1n) is 8.50. The largest absolute Gasteiger partial charge is 0.494 e. The minimum atomic E-state index is -3.09. The minimum Gasteiger partial charge on any atom is -0.494 e. The van der Waals surface area contributed by atoms with Gasteiger partial charge in [0, 0.05) is 17.0 Å². The van der Waals surface area contributed by atoms with E-state index in [0.29, 0.717) is 17.5 Å². The highest BCUT2D eigenvalue weighted by Crippen LogP contribution is 2.41. The van der Waals surface area contributed by atoms with Crippen molar-refractivity contribution in [2.75, 3.05) is 28.9 Å². The predicted molar refractivity (Wildman–Crippen MR) is 106 cm³/mol. The summed E-state index contributed by atoms with van der Waals surface area (Å²) in [5, 5.41) is 0.373. The quantitative estimate of drug-likeness (QED) is 0.524. The highest BCUT2D eigenvalue weighted by molar-refractivity contribution is 8.16. The zero-order chi connectivity index (χ0) is 18.7. The lowest BCUT2D eigenvalue weighted by atomic mass is 10.2. The number of fused-ring (bicyclic) bond motifs is 1. The van der Waals surface area contributed by atoms with Crippen molar-refractivity contribution in [3.8, 4) is 5.75 Å². The third kappa shape index (κ3) is 4.35. The van der Waals surface area contributed by atoms with Crippen LogP contribution in [0.15, 0.2) is 29.3 Å².